The first-order valence-corrected chi connectivity index (χ1v) is 6.40. The van der Waals surface area contributed by atoms with Crippen LogP contribution in [0.3, 0.4) is 0 Å². The van der Waals surface area contributed by atoms with Gasteiger partial charge in [-0.05, 0) is 31.4 Å². The third-order valence-corrected chi connectivity index (χ3v) is 3.43. The lowest BCUT2D eigenvalue weighted by molar-refractivity contribution is 0.228. The number of aromatic nitrogens is 1. The minimum Gasteiger partial charge on any atom is -0.296 e. The highest BCUT2D eigenvalue weighted by molar-refractivity contribution is 6.30. The van der Waals surface area contributed by atoms with Crippen LogP contribution in [-0.4, -0.2) is 23.0 Å². The molecule has 1 fully saturated rings. The van der Waals surface area contributed by atoms with E-state index >= 15 is 0 Å². The molecule has 0 spiro atoms. The van der Waals surface area contributed by atoms with Gasteiger partial charge in [-0.3, -0.25) is 4.90 Å². The SMILES string of the molecule is CC(C)CN1CCCC1c1cccnc1Cl. The molecule has 0 aromatic carbocycles. The Bertz CT molecular complexity index is 352. The summed E-state index contributed by atoms with van der Waals surface area (Å²) in [4.78, 5) is 6.71. The zero-order valence-electron chi connectivity index (χ0n) is 9.99. The van der Waals surface area contributed by atoms with E-state index in [2.05, 4.69) is 29.8 Å². The number of hydrogen-bond acceptors (Lipinski definition) is 2. The molecule has 0 bridgehead atoms. The van der Waals surface area contributed by atoms with Crippen molar-refractivity contribution in [2.24, 2.45) is 5.92 Å². The number of rotatable bonds is 3. The van der Waals surface area contributed by atoms with Gasteiger partial charge in [-0.1, -0.05) is 31.5 Å². The van der Waals surface area contributed by atoms with Crippen LogP contribution in [0.15, 0.2) is 18.3 Å². The van der Waals surface area contributed by atoms with Crippen molar-refractivity contribution in [1.82, 2.24) is 9.88 Å². The number of halogens is 1. The van der Waals surface area contributed by atoms with Crippen LogP contribution in [0.4, 0.5) is 0 Å². The molecule has 0 amide bonds. The molecule has 1 atom stereocenters. The van der Waals surface area contributed by atoms with E-state index in [4.69, 9.17) is 11.6 Å². The van der Waals surface area contributed by atoms with Crippen LogP contribution in [0.25, 0.3) is 0 Å². The van der Waals surface area contributed by atoms with E-state index in [1.54, 1.807) is 6.20 Å². The Morgan fingerprint density at radius 1 is 1.56 bits per heavy atom. The summed E-state index contributed by atoms with van der Waals surface area (Å²) >= 11 is 6.17. The molecule has 1 unspecified atom stereocenters. The van der Waals surface area contributed by atoms with Crippen molar-refractivity contribution in [2.45, 2.75) is 32.7 Å². The molecule has 0 aliphatic carbocycles. The van der Waals surface area contributed by atoms with Gasteiger partial charge in [0.15, 0.2) is 0 Å². The number of pyridine rings is 1. The smallest absolute Gasteiger partial charge is 0.133 e. The fourth-order valence-electron chi connectivity index (χ4n) is 2.51. The molecule has 88 valence electrons. The fourth-order valence-corrected chi connectivity index (χ4v) is 2.76. The molecular formula is C13H19ClN2. The van der Waals surface area contributed by atoms with Gasteiger partial charge in [-0.15, -0.1) is 0 Å². The topological polar surface area (TPSA) is 16.1 Å². The minimum absolute atomic E-state index is 0.476. The second-order valence-corrected chi connectivity index (χ2v) is 5.29. The maximum Gasteiger partial charge on any atom is 0.133 e. The van der Waals surface area contributed by atoms with E-state index in [0.29, 0.717) is 17.1 Å². The molecule has 0 saturated carbocycles. The maximum absolute atomic E-state index is 6.17. The molecular weight excluding hydrogens is 220 g/mol. The van der Waals surface area contributed by atoms with Crippen molar-refractivity contribution in [1.29, 1.82) is 0 Å². The van der Waals surface area contributed by atoms with Crippen molar-refractivity contribution in [3.8, 4) is 0 Å². The monoisotopic (exact) mass is 238 g/mol. The van der Waals surface area contributed by atoms with Crippen LogP contribution in [0.5, 0.6) is 0 Å². The lowest BCUT2D eigenvalue weighted by Gasteiger charge is -2.26. The van der Waals surface area contributed by atoms with Gasteiger partial charge < -0.3 is 0 Å². The summed E-state index contributed by atoms with van der Waals surface area (Å²) in [6, 6.07) is 4.56. The van der Waals surface area contributed by atoms with Crippen LogP contribution in [0.2, 0.25) is 5.15 Å². The van der Waals surface area contributed by atoms with Crippen molar-refractivity contribution in [2.75, 3.05) is 13.1 Å². The van der Waals surface area contributed by atoms with Gasteiger partial charge in [0, 0.05) is 24.3 Å². The molecule has 1 saturated heterocycles. The van der Waals surface area contributed by atoms with Crippen molar-refractivity contribution in [3.05, 3.63) is 29.0 Å². The highest BCUT2D eigenvalue weighted by Crippen LogP contribution is 2.34. The highest BCUT2D eigenvalue weighted by Gasteiger charge is 2.27. The third-order valence-electron chi connectivity index (χ3n) is 3.11. The molecule has 3 heteroatoms. The molecule has 0 N–H and O–H groups in total. The summed E-state index contributed by atoms with van der Waals surface area (Å²) in [7, 11) is 0. The first kappa shape index (κ1) is 11.9. The summed E-state index contributed by atoms with van der Waals surface area (Å²) < 4.78 is 0. The molecule has 2 heterocycles. The van der Waals surface area contributed by atoms with Crippen LogP contribution in [0.1, 0.15) is 38.3 Å². The lowest BCUT2D eigenvalue weighted by atomic mass is 10.1. The first-order valence-electron chi connectivity index (χ1n) is 6.03. The fraction of sp³-hybridized carbons (Fsp3) is 0.615. The van der Waals surface area contributed by atoms with Gasteiger partial charge in [0.1, 0.15) is 5.15 Å². The van der Waals surface area contributed by atoms with Gasteiger partial charge in [0.2, 0.25) is 0 Å². The molecule has 2 nitrogen and oxygen atoms in total. The van der Waals surface area contributed by atoms with E-state index < -0.39 is 0 Å². The third kappa shape index (κ3) is 2.55. The predicted octanol–water partition coefficient (Wildman–Crippen LogP) is 3.53. The van der Waals surface area contributed by atoms with E-state index in [9.17, 15) is 0 Å². The number of hydrogen-bond donors (Lipinski definition) is 0. The van der Waals surface area contributed by atoms with Gasteiger partial charge in [-0.2, -0.15) is 0 Å². The molecule has 1 aromatic rings. The van der Waals surface area contributed by atoms with E-state index in [1.165, 1.54) is 24.9 Å². The molecule has 0 radical (unpaired) electrons. The Kier molecular flexibility index (Phi) is 3.82. The van der Waals surface area contributed by atoms with Crippen LogP contribution >= 0.6 is 11.6 Å². The Hall–Kier alpha value is -0.600. The van der Waals surface area contributed by atoms with Crippen LogP contribution in [0, 0.1) is 5.92 Å². The summed E-state index contributed by atoms with van der Waals surface area (Å²) in [5.74, 6) is 0.705. The highest BCUT2D eigenvalue weighted by atomic mass is 35.5. The molecule has 1 aromatic heterocycles. The predicted molar refractivity (Wildman–Crippen MR) is 67.6 cm³/mol. The Balaban J connectivity index is 2.17. The number of likely N-dealkylation sites (tertiary alicyclic amines) is 1. The van der Waals surface area contributed by atoms with Crippen molar-refractivity contribution in [3.63, 3.8) is 0 Å². The van der Waals surface area contributed by atoms with Gasteiger partial charge in [-0.25, -0.2) is 4.98 Å². The van der Waals surface area contributed by atoms with Crippen molar-refractivity contribution < 1.29 is 0 Å². The molecule has 1 aliphatic rings. The average Bonchev–Trinajstić information content (AvgIpc) is 2.66. The maximum atomic E-state index is 6.17. The Labute approximate surface area is 103 Å². The van der Waals surface area contributed by atoms with E-state index in [-0.39, 0.29) is 0 Å². The Morgan fingerprint density at radius 3 is 3.06 bits per heavy atom. The van der Waals surface area contributed by atoms with Crippen LogP contribution < -0.4 is 0 Å². The average molecular weight is 239 g/mol. The largest absolute Gasteiger partial charge is 0.296 e. The minimum atomic E-state index is 0.476. The summed E-state index contributed by atoms with van der Waals surface area (Å²) in [5.41, 5.74) is 1.20. The lowest BCUT2D eigenvalue weighted by Crippen LogP contribution is -2.27. The summed E-state index contributed by atoms with van der Waals surface area (Å²) in [5, 5.41) is 0.670. The molecule has 1 aliphatic heterocycles. The normalized spacial score (nSPS) is 21.9. The quantitative estimate of drug-likeness (QED) is 0.749. The summed E-state index contributed by atoms with van der Waals surface area (Å²) in [6.07, 6.45) is 4.23. The van der Waals surface area contributed by atoms with Gasteiger partial charge >= 0.3 is 0 Å². The zero-order valence-corrected chi connectivity index (χ0v) is 10.7. The first-order chi connectivity index (χ1) is 7.68. The van der Waals surface area contributed by atoms with Gasteiger partial charge in [0.25, 0.3) is 0 Å². The molecule has 2 rings (SSSR count). The molecule has 16 heavy (non-hydrogen) atoms. The number of nitrogens with zero attached hydrogens (tertiary/aromatic N) is 2. The summed E-state index contributed by atoms with van der Waals surface area (Å²) in [6.45, 7) is 6.87. The van der Waals surface area contributed by atoms with E-state index in [0.717, 1.165) is 6.54 Å². The second kappa shape index (κ2) is 5.15. The van der Waals surface area contributed by atoms with Gasteiger partial charge in [0.05, 0.1) is 0 Å². The van der Waals surface area contributed by atoms with Crippen LogP contribution in [-0.2, 0) is 0 Å². The Morgan fingerprint density at radius 2 is 2.38 bits per heavy atom. The second-order valence-electron chi connectivity index (χ2n) is 4.93. The van der Waals surface area contributed by atoms with Crippen molar-refractivity contribution >= 4 is 11.6 Å². The standard InChI is InChI=1S/C13H19ClN2/c1-10(2)9-16-8-4-6-12(16)11-5-3-7-15-13(11)14/h3,5,7,10,12H,4,6,8-9H2,1-2H3. The zero-order chi connectivity index (χ0) is 11.5. The van der Waals surface area contributed by atoms with E-state index in [1.807, 2.05) is 6.07 Å².